The predicted octanol–water partition coefficient (Wildman–Crippen LogP) is 2.56. The molecule has 3 N–H and O–H groups in total. The topological polar surface area (TPSA) is 58.4 Å². The predicted molar refractivity (Wildman–Crippen MR) is 79.5 cm³/mol. The van der Waals surface area contributed by atoms with Crippen LogP contribution in [0.2, 0.25) is 0 Å². The number of carbonyl (C=O) groups is 1. The van der Waals surface area contributed by atoms with Gasteiger partial charge in [-0.15, -0.1) is 11.3 Å². The number of hydrogen-bond donors (Lipinski definition) is 2. The van der Waals surface area contributed by atoms with E-state index in [1.54, 1.807) is 0 Å². The Morgan fingerprint density at radius 2 is 2.22 bits per heavy atom. The molecule has 0 aromatic carbocycles. The van der Waals surface area contributed by atoms with Gasteiger partial charge in [0.25, 0.3) is 5.91 Å². The van der Waals surface area contributed by atoms with Gasteiger partial charge < -0.3 is 16.0 Å². The van der Waals surface area contributed by atoms with Gasteiger partial charge in [-0.05, 0) is 18.4 Å². The van der Waals surface area contributed by atoms with Gasteiger partial charge in [-0.25, -0.2) is 0 Å². The van der Waals surface area contributed by atoms with Crippen LogP contribution in [0.15, 0.2) is 6.07 Å². The first-order valence-electron chi connectivity index (χ1n) is 6.34. The summed E-state index contributed by atoms with van der Waals surface area (Å²) in [6.45, 7) is 8.01. The summed E-state index contributed by atoms with van der Waals surface area (Å²) in [6, 6.07) is 1.88. The van der Waals surface area contributed by atoms with Crippen molar-refractivity contribution in [1.29, 1.82) is 0 Å². The molecule has 0 aliphatic carbocycles. The molecule has 0 atom stereocenters. The average Bonchev–Trinajstić information content (AvgIpc) is 2.67. The number of amides is 1. The maximum Gasteiger partial charge on any atom is 0.263 e. The molecule has 0 aliphatic heterocycles. The van der Waals surface area contributed by atoms with Gasteiger partial charge in [-0.3, -0.25) is 4.79 Å². The number of nitrogen functional groups attached to an aromatic ring is 1. The van der Waals surface area contributed by atoms with Crippen LogP contribution in [0.1, 0.15) is 36.9 Å². The van der Waals surface area contributed by atoms with E-state index in [0.29, 0.717) is 23.0 Å². The van der Waals surface area contributed by atoms with Crippen molar-refractivity contribution in [2.75, 3.05) is 30.8 Å². The van der Waals surface area contributed by atoms with Crippen molar-refractivity contribution in [3.63, 3.8) is 0 Å². The van der Waals surface area contributed by atoms with Crippen LogP contribution in [0, 0.1) is 5.92 Å². The van der Waals surface area contributed by atoms with Crippen LogP contribution in [-0.4, -0.2) is 26.0 Å². The highest BCUT2D eigenvalue weighted by atomic mass is 32.1. The molecule has 1 aromatic rings. The minimum absolute atomic E-state index is 0.0662. The number of nitrogens with two attached hydrogens (primary N) is 1. The lowest BCUT2D eigenvalue weighted by Gasteiger charge is -2.18. The third-order valence-electron chi connectivity index (χ3n) is 2.50. The largest absolute Gasteiger partial charge is 0.397 e. The Morgan fingerprint density at radius 3 is 2.78 bits per heavy atom. The first kappa shape index (κ1) is 14.8. The van der Waals surface area contributed by atoms with Crippen LogP contribution in [0.3, 0.4) is 0 Å². The number of rotatable bonds is 6. The fraction of sp³-hybridized carbons (Fsp3) is 0.615. The highest BCUT2D eigenvalue weighted by Crippen LogP contribution is 2.31. The van der Waals surface area contributed by atoms with Crippen LogP contribution < -0.4 is 16.0 Å². The molecule has 0 saturated carbocycles. The van der Waals surface area contributed by atoms with Crippen LogP contribution in [0.25, 0.3) is 0 Å². The Morgan fingerprint density at radius 1 is 1.56 bits per heavy atom. The van der Waals surface area contributed by atoms with Crippen LogP contribution >= 0.6 is 11.3 Å². The standard InChI is InChI=1S/C13H23N3OS/c1-5-6-15-13(17)12-10(14)7-11(18-12)16(4)8-9(2)3/h7,9H,5-6,8,14H2,1-4H3,(H,15,17). The Hall–Kier alpha value is -1.23. The maximum absolute atomic E-state index is 11.9. The Labute approximate surface area is 113 Å². The molecule has 1 aromatic heterocycles. The fourth-order valence-corrected chi connectivity index (χ4v) is 2.68. The summed E-state index contributed by atoms with van der Waals surface area (Å²) in [5, 5.41) is 3.90. The first-order valence-corrected chi connectivity index (χ1v) is 7.16. The second kappa shape index (κ2) is 6.64. The first-order chi connectivity index (χ1) is 8.45. The zero-order valence-corrected chi connectivity index (χ0v) is 12.4. The van der Waals surface area contributed by atoms with Gasteiger partial charge in [0.05, 0.1) is 10.7 Å². The molecule has 1 amide bonds. The van der Waals surface area contributed by atoms with Crippen molar-refractivity contribution in [3.05, 3.63) is 10.9 Å². The van der Waals surface area contributed by atoms with E-state index in [0.717, 1.165) is 18.0 Å². The van der Waals surface area contributed by atoms with Crippen molar-refractivity contribution in [1.82, 2.24) is 5.32 Å². The van der Waals surface area contributed by atoms with Crippen LogP contribution in [-0.2, 0) is 0 Å². The van der Waals surface area contributed by atoms with Gasteiger partial charge in [0.15, 0.2) is 0 Å². The minimum atomic E-state index is -0.0662. The van der Waals surface area contributed by atoms with E-state index < -0.39 is 0 Å². The monoisotopic (exact) mass is 269 g/mol. The van der Waals surface area contributed by atoms with E-state index in [4.69, 9.17) is 5.73 Å². The SMILES string of the molecule is CCCNC(=O)c1sc(N(C)CC(C)C)cc1N. The molecule has 0 saturated heterocycles. The number of carbonyl (C=O) groups excluding carboxylic acids is 1. The number of nitrogens with zero attached hydrogens (tertiary/aromatic N) is 1. The number of hydrogen-bond acceptors (Lipinski definition) is 4. The maximum atomic E-state index is 11.9. The smallest absolute Gasteiger partial charge is 0.263 e. The highest BCUT2D eigenvalue weighted by Gasteiger charge is 2.16. The van der Waals surface area contributed by atoms with Crippen LogP contribution in [0.5, 0.6) is 0 Å². The Kier molecular flexibility index (Phi) is 5.47. The molecule has 1 heterocycles. The van der Waals surface area contributed by atoms with Crippen molar-refractivity contribution < 1.29 is 4.79 Å². The average molecular weight is 269 g/mol. The van der Waals surface area contributed by atoms with Crippen molar-refractivity contribution in [2.24, 2.45) is 5.92 Å². The van der Waals surface area contributed by atoms with Gasteiger partial charge >= 0.3 is 0 Å². The second-order valence-corrected chi connectivity index (χ2v) is 5.93. The molecular weight excluding hydrogens is 246 g/mol. The molecule has 102 valence electrons. The van der Waals surface area contributed by atoms with Gasteiger partial charge in [0.2, 0.25) is 0 Å². The molecule has 5 heteroatoms. The quantitative estimate of drug-likeness (QED) is 0.834. The van der Waals surface area contributed by atoms with Crippen LogP contribution in [0.4, 0.5) is 10.7 Å². The zero-order chi connectivity index (χ0) is 13.7. The Bertz CT molecular complexity index is 401. The molecular formula is C13H23N3OS. The molecule has 1 rings (SSSR count). The molecule has 0 bridgehead atoms. The lowest BCUT2D eigenvalue weighted by Crippen LogP contribution is -2.23. The van der Waals surface area contributed by atoms with Crippen molar-refractivity contribution >= 4 is 27.9 Å². The second-order valence-electron chi connectivity index (χ2n) is 4.90. The summed E-state index contributed by atoms with van der Waals surface area (Å²) in [6.07, 6.45) is 0.928. The number of anilines is 2. The highest BCUT2D eigenvalue weighted by molar-refractivity contribution is 7.18. The lowest BCUT2D eigenvalue weighted by atomic mass is 10.2. The number of nitrogens with one attached hydrogen (secondary N) is 1. The fourth-order valence-electron chi connectivity index (χ4n) is 1.71. The lowest BCUT2D eigenvalue weighted by molar-refractivity contribution is 0.0958. The summed E-state index contributed by atoms with van der Waals surface area (Å²) in [4.78, 5) is 14.6. The molecule has 0 aliphatic rings. The van der Waals surface area contributed by atoms with Gasteiger partial charge in [-0.1, -0.05) is 20.8 Å². The zero-order valence-electron chi connectivity index (χ0n) is 11.6. The van der Waals surface area contributed by atoms with Crippen molar-refractivity contribution in [2.45, 2.75) is 27.2 Å². The normalized spacial score (nSPS) is 10.7. The summed E-state index contributed by atoms with van der Waals surface area (Å²) in [5.41, 5.74) is 6.47. The van der Waals surface area contributed by atoms with E-state index in [1.165, 1.54) is 11.3 Å². The van der Waals surface area contributed by atoms with Gasteiger partial charge in [-0.2, -0.15) is 0 Å². The minimum Gasteiger partial charge on any atom is -0.397 e. The van der Waals surface area contributed by atoms with Gasteiger partial charge in [0, 0.05) is 20.1 Å². The Balaban J connectivity index is 2.77. The molecule has 18 heavy (non-hydrogen) atoms. The summed E-state index contributed by atoms with van der Waals surface area (Å²) >= 11 is 1.46. The summed E-state index contributed by atoms with van der Waals surface area (Å²) in [7, 11) is 2.03. The summed E-state index contributed by atoms with van der Waals surface area (Å²) < 4.78 is 0. The van der Waals surface area contributed by atoms with Gasteiger partial charge in [0.1, 0.15) is 4.88 Å². The molecule has 4 nitrogen and oxygen atoms in total. The van der Waals surface area contributed by atoms with Crippen molar-refractivity contribution in [3.8, 4) is 0 Å². The molecule has 0 spiro atoms. The van der Waals surface area contributed by atoms with E-state index in [1.807, 2.05) is 20.0 Å². The third-order valence-corrected chi connectivity index (χ3v) is 3.77. The van der Waals surface area contributed by atoms with E-state index >= 15 is 0 Å². The molecule has 0 radical (unpaired) electrons. The molecule has 0 unspecified atom stereocenters. The third kappa shape index (κ3) is 3.91. The van der Waals surface area contributed by atoms with E-state index in [-0.39, 0.29) is 5.91 Å². The van der Waals surface area contributed by atoms with E-state index in [9.17, 15) is 4.79 Å². The molecule has 0 fully saturated rings. The van der Waals surface area contributed by atoms with E-state index in [2.05, 4.69) is 24.1 Å². The number of thiophene rings is 1. The summed E-state index contributed by atoms with van der Waals surface area (Å²) in [5.74, 6) is 0.513.